The van der Waals surface area contributed by atoms with E-state index in [1.54, 1.807) is 4.90 Å². The maximum atomic E-state index is 12.6. The maximum absolute atomic E-state index is 12.6. The molecule has 2 saturated heterocycles. The second kappa shape index (κ2) is 8.22. The SMILES string of the molecule is COC(=O)c1coc(C(=O)N2CCC(CN3CC(C)OC(C)C3)CC2)c1. The van der Waals surface area contributed by atoms with Crippen molar-refractivity contribution >= 4 is 11.9 Å². The number of hydrogen-bond acceptors (Lipinski definition) is 6. The molecule has 2 atom stereocenters. The van der Waals surface area contributed by atoms with Gasteiger partial charge in [0.25, 0.3) is 5.91 Å². The van der Waals surface area contributed by atoms with Crippen LogP contribution in [0.3, 0.4) is 0 Å². The molecule has 0 radical (unpaired) electrons. The smallest absolute Gasteiger partial charge is 0.341 e. The molecule has 0 aliphatic carbocycles. The monoisotopic (exact) mass is 364 g/mol. The van der Waals surface area contributed by atoms with Gasteiger partial charge in [-0.25, -0.2) is 4.79 Å². The van der Waals surface area contributed by atoms with Crippen LogP contribution in [0, 0.1) is 5.92 Å². The summed E-state index contributed by atoms with van der Waals surface area (Å²) < 4.78 is 15.7. The van der Waals surface area contributed by atoms with E-state index in [0.717, 1.165) is 32.5 Å². The van der Waals surface area contributed by atoms with Crippen LogP contribution in [0.1, 0.15) is 47.6 Å². The highest BCUT2D eigenvalue weighted by Crippen LogP contribution is 2.22. The molecular weight excluding hydrogens is 336 g/mol. The first-order valence-corrected chi connectivity index (χ1v) is 9.30. The molecule has 3 heterocycles. The molecule has 1 amide bonds. The first kappa shape index (κ1) is 18.9. The number of piperidine rings is 1. The van der Waals surface area contributed by atoms with Crippen molar-refractivity contribution in [3.05, 3.63) is 23.7 Å². The minimum atomic E-state index is -0.500. The molecule has 2 unspecified atom stereocenters. The fraction of sp³-hybridized carbons (Fsp3) is 0.684. The molecule has 1 aromatic rings. The Balaban J connectivity index is 1.49. The number of rotatable bonds is 4. The Morgan fingerprint density at radius 3 is 2.46 bits per heavy atom. The van der Waals surface area contributed by atoms with Gasteiger partial charge in [-0.1, -0.05) is 0 Å². The second-order valence-corrected chi connectivity index (χ2v) is 7.40. The average Bonchev–Trinajstić information content (AvgIpc) is 3.10. The van der Waals surface area contributed by atoms with Crippen LogP contribution >= 0.6 is 0 Å². The van der Waals surface area contributed by atoms with Gasteiger partial charge in [0.2, 0.25) is 0 Å². The maximum Gasteiger partial charge on any atom is 0.341 e. The van der Waals surface area contributed by atoms with Crippen LogP contribution in [0.15, 0.2) is 16.7 Å². The normalized spacial score (nSPS) is 25.3. The molecule has 0 spiro atoms. The number of morpholine rings is 1. The highest BCUT2D eigenvalue weighted by molar-refractivity contribution is 5.96. The molecular formula is C19H28N2O5. The second-order valence-electron chi connectivity index (χ2n) is 7.40. The predicted octanol–water partition coefficient (Wildman–Crippen LogP) is 2.03. The summed E-state index contributed by atoms with van der Waals surface area (Å²) in [4.78, 5) is 28.3. The van der Waals surface area contributed by atoms with Crippen LogP contribution in [0.4, 0.5) is 0 Å². The van der Waals surface area contributed by atoms with Gasteiger partial charge in [0.05, 0.1) is 24.9 Å². The highest BCUT2D eigenvalue weighted by atomic mass is 16.5. The van der Waals surface area contributed by atoms with E-state index in [4.69, 9.17) is 9.15 Å². The summed E-state index contributed by atoms with van der Waals surface area (Å²) in [5.41, 5.74) is 0.265. The van der Waals surface area contributed by atoms with Crippen LogP contribution in [-0.2, 0) is 9.47 Å². The zero-order chi connectivity index (χ0) is 18.7. The number of carbonyl (C=O) groups excluding carboxylic acids is 2. The molecule has 2 fully saturated rings. The van der Waals surface area contributed by atoms with E-state index in [0.29, 0.717) is 19.0 Å². The van der Waals surface area contributed by atoms with Gasteiger partial charge in [-0.05, 0) is 32.6 Å². The number of amides is 1. The van der Waals surface area contributed by atoms with Gasteiger partial charge >= 0.3 is 5.97 Å². The first-order valence-electron chi connectivity index (χ1n) is 9.30. The number of ether oxygens (including phenoxy) is 2. The lowest BCUT2D eigenvalue weighted by Crippen LogP contribution is -2.48. The Bertz CT molecular complexity index is 626. The number of likely N-dealkylation sites (tertiary alicyclic amines) is 1. The van der Waals surface area contributed by atoms with Crippen molar-refractivity contribution in [3.8, 4) is 0 Å². The fourth-order valence-electron chi connectivity index (χ4n) is 3.95. The third kappa shape index (κ3) is 4.45. The van der Waals surface area contributed by atoms with Gasteiger partial charge in [0.1, 0.15) is 6.26 Å². The van der Waals surface area contributed by atoms with Crippen LogP contribution in [0.5, 0.6) is 0 Å². The Morgan fingerprint density at radius 1 is 1.19 bits per heavy atom. The zero-order valence-electron chi connectivity index (χ0n) is 15.8. The van der Waals surface area contributed by atoms with E-state index in [1.807, 2.05) is 0 Å². The van der Waals surface area contributed by atoms with E-state index < -0.39 is 5.97 Å². The van der Waals surface area contributed by atoms with Crippen LogP contribution in [0.2, 0.25) is 0 Å². The lowest BCUT2D eigenvalue weighted by atomic mass is 9.95. The summed E-state index contributed by atoms with van der Waals surface area (Å²) in [6.45, 7) is 8.69. The van der Waals surface area contributed by atoms with E-state index in [1.165, 1.54) is 19.4 Å². The summed E-state index contributed by atoms with van der Waals surface area (Å²) in [6.07, 6.45) is 3.80. The molecule has 2 aliphatic rings. The van der Waals surface area contributed by atoms with Crippen molar-refractivity contribution in [1.29, 1.82) is 0 Å². The van der Waals surface area contributed by atoms with E-state index in [-0.39, 0.29) is 29.4 Å². The van der Waals surface area contributed by atoms with E-state index in [2.05, 4.69) is 23.5 Å². The summed E-state index contributed by atoms with van der Waals surface area (Å²) in [5, 5.41) is 0. The van der Waals surface area contributed by atoms with Crippen molar-refractivity contribution in [2.45, 2.75) is 38.9 Å². The molecule has 0 N–H and O–H groups in total. The number of furan rings is 1. The van der Waals surface area contributed by atoms with Crippen molar-refractivity contribution in [3.63, 3.8) is 0 Å². The first-order chi connectivity index (χ1) is 12.5. The molecule has 1 aromatic heterocycles. The van der Waals surface area contributed by atoms with Gasteiger partial charge in [-0.15, -0.1) is 0 Å². The summed E-state index contributed by atoms with van der Waals surface area (Å²) in [6, 6.07) is 1.46. The third-order valence-electron chi connectivity index (χ3n) is 5.14. The quantitative estimate of drug-likeness (QED) is 0.761. The Kier molecular flexibility index (Phi) is 5.98. The van der Waals surface area contributed by atoms with Crippen molar-refractivity contribution < 1.29 is 23.5 Å². The van der Waals surface area contributed by atoms with Gasteiger partial charge in [-0.2, -0.15) is 0 Å². The molecule has 0 aromatic carbocycles. The molecule has 7 heteroatoms. The molecule has 0 bridgehead atoms. The molecule has 144 valence electrons. The minimum Gasteiger partial charge on any atom is -0.465 e. The minimum absolute atomic E-state index is 0.160. The van der Waals surface area contributed by atoms with Crippen molar-refractivity contribution in [2.75, 3.05) is 39.8 Å². The van der Waals surface area contributed by atoms with E-state index in [9.17, 15) is 9.59 Å². The Morgan fingerprint density at radius 2 is 1.85 bits per heavy atom. The van der Waals surface area contributed by atoms with Crippen LogP contribution in [0.25, 0.3) is 0 Å². The molecule has 7 nitrogen and oxygen atoms in total. The molecule has 3 rings (SSSR count). The van der Waals surface area contributed by atoms with Crippen molar-refractivity contribution in [1.82, 2.24) is 9.80 Å². The summed E-state index contributed by atoms with van der Waals surface area (Å²) >= 11 is 0. The van der Waals surface area contributed by atoms with Crippen molar-refractivity contribution in [2.24, 2.45) is 5.92 Å². The summed E-state index contributed by atoms with van der Waals surface area (Å²) in [7, 11) is 1.30. The highest BCUT2D eigenvalue weighted by Gasteiger charge is 2.29. The number of carbonyl (C=O) groups is 2. The fourth-order valence-corrected chi connectivity index (χ4v) is 3.95. The van der Waals surface area contributed by atoms with Crippen LogP contribution in [-0.4, -0.2) is 73.7 Å². The zero-order valence-corrected chi connectivity index (χ0v) is 15.8. The topological polar surface area (TPSA) is 72.2 Å². The Labute approximate surface area is 154 Å². The lowest BCUT2D eigenvalue weighted by Gasteiger charge is -2.39. The Hall–Kier alpha value is -1.86. The third-order valence-corrected chi connectivity index (χ3v) is 5.14. The molecule has 0 saturated carbocycles. The summed E-state index contributed by atoms with van der Waals surface area (Å²) in [5.74, 6) is 0.131. The number of methoxy groups -OCH3 is 1. The van der Waals surface area contributed by atoms with Gasteiger partial charge < -0.3 is 18.8 Å². The standard InChI is InChI=1S/C19H28N2O5/c1-13-9-20(10-14(2)26-13)11-15-4-6-21(7-5-15)18(22)17-8-16(12-25-17)19(23)24-3/h8,12-15H,4-7,9-11H2,1-3H3. The number of hydrogen-bond donors (Lipinski definition) is 0. The molecule has 2 aliphatic heterocycles. The van der Waals surface area contributed by atoms with Gasteiger partial charge in [0, 0.05) is 38.8 Å². The van der Waals surface area contributed by atoms with Gasteiger partial charge in [0.15, 0.2) is 5.76 Å². The number of nitrogens with zero attached hydrogens (tertiary/aromatic N) is 2. The van der Waals surface area contributed by atoms with Gasteiger partial charge in [-0.3, -0.25) is 9.69 Å². The number of esters is 1. The largest absolute Gasteiger partial charge is 0.465 e. The van der Waals surface area contributed by atoms with Crippen LogP contribution < -0.4 is 0 Å². The average molecular weight is 364 g/mol. The predicted molar refractivity (Wildman–Crippen MR) is 95.1 cm³/mol. The van der Waals surface area contributed by atoms with E-state index >= 15 is 0 Å². The lowest BCUT2D eigenvalue weighted by molar-refractivity contribution is -0.0729. The molecule has 26 heavy (non-hydrogen) atoms.